The van der Waals surface area contributed by atoms with Gasteiger partial charge in [0.2, 0.25) is 12.0 Å². The highest BCUT2D eigenvalue weighted by atomic mass is 32.2. The highest BCUT2D eigenvalue weighted by Crippen LogP contribution is 2.31. The van der Waals surface area contributed by atoms with Crippen molar-refractivity contribution < 1.29 is 19.1 Å². The number of fused-ring (bicyclic) bond motifs is 1. The van der Waals surface area contributed by atoms with Gasteiger partial charge in [-0.25, -0.2) is 0 Å². The normalized spacial score (nSPS) is 18.6. The largest absolute Gasteiger partial charge is 0.485 e. The SMILES string of the molecule is CCn1cnnc1SCC(=O)N1CCN(C(=O)[C@H]2COc3ccccc3O2)CC1. The highest BCUT2D eigenvalue weighted by Gasteiger charge is 2.33. The zero-order valence-corrected chi connectivity index (χ0v) is 17.0. The summed E-state index contributed by atoms with van der Waals surface area (Å²) < 4.78 is 13.4. The van der Waals surface area contributed by atoms with E-state index in [2.05, 4.69) is 10.2 Å². The molecule has 1 saturated heterocycles. The van der Waals surface area contributed by atoms with Crippen molar-refractivity contribution in [3.05, 3.63) is 30.6 Å². The fourth-order valence-corrected chi connectivity index (χ4v) is 4.19. The van der Waals surface area contributed by atoms with Crippen molar-refractivity contribution in [2.24, 2.45) is 0 Å². The molecule has 3 heterocycles. The summed E-state index contributed by atoms with van der Waals surface area (Å²) in [6.45, 7) is 4.96. The molecule has 1 fully saturated rings. The molecular weight excluding hydrogens is 394 g/mol. The predicted octanol–water partition coefficient (Wildman–Crippen LogP) is 0.901. The van der Waals surface area contributed by atoms with Gasteiger partial charge in [-0.2, -0.15) is 0 Å². The molecule has 1 aromatic carbocycles. The average Bonchev–Trinajstić information content (AvgIpc) is 3.24. The van der Waals surface area contributed by atoms with E-state index >= 15 is 0 Å². The Morgan fingerprint density at radius 2 is 1.86 bits per heavy atom. The number of aromatic nitrogens is 3. The van der Waals surface area contributed by atoms with E-state index in [-0.39, 0.29) is 18.4 Å². The van der Waals surface area contributed by atoms with Crippen molar-refractivity contribution in [2.45, 2.75) is 24.7 Å². The minimum absolute atomic E-state index is 0.0407. The molecule has 0 saturated carbocycles. The molecular formula is C19H23N5O4S. The van der Waals surface area contributed by atoms with Crippen LogP contribution in [-0.4, -0.2) is 81.0 Å². The van der Waals surface area contributed by atoms with Crippen molar-refractivity contribution in [1.29, 1.82) is 0 Å². The lowest BCUT2D eigenvalue weighted by atomic mass is 10.2. The first kappa shape index (κ1) is 19.6. The summed E-state index contributed by atoms with van der Waals surface area (Å²) in [5.41, 5.74) is 0. The quantitative estimate of drug-likeness (QED) is 0.668. The molecule has 4 rings (SSSR count). The third kappa shape index (κ3) is 4.31. The summed E-state index contributed by atoms with van der Waals surface area (Å²) >= 11 is 1.38. The summed E-state index contributed by atoms with van der Waals surface area (Å²) in [6.07, 6.45) is 1.01. The van der Waals surface area contributed by atoms with Crippen LogP contribution in [0.4, 0.5) is 0 Å². The van der Waals surface area contributed by atoms with Crippen LogP contribution in [0.1, 0.15) is 6.92 Å². The Bertz CT molecular complexity index is 881. The zero-order chi connectivity index (χ0) is 20.2. The van der Waals surface area contributed by atoms with Gasteiger partial charge >= 0.3 is 0 Å². The molecule has 2 aromatic rings. The van der Waals surface area contributed by atoms with Crippen LogP contribution in [0.25, 0.3) is 0 Å². The van der Waals surface area contributed by atoms with Gasteiger partial charge < -0.3 is 23.8 Å². The highest BCUT2D eigenvalue weighted by molar-refractivity contribution is 7.99. The minimum atomic E-state index is -0.650. The number of para-hydroxylation sites is 2. The third-order valence-corrected chi connectivity index (χ3v) is 5.94. The molecule has 29 heavy (non-hydrogen) atoms. The van der Waals surface area contributed by atoms with E-state index in [0.717, 1.165) is 11.7 Å². The minimum Gasteiger partial charge on any atom is -0.485 e. The molecule has 2 aliphatic rings. The van der Waals surface area contributed by atoms with Crippen LogP contribution >= 0.6 is 11.8 Å². The van der Waals surface area contributed by atoms with Crippen LogP contribution in [0, 0.1) is 0 Å². The number of carbonyl (C=O) groups excluding carboxylic acids is 2. The van der Waals surface area contributed by atoms with Crippen LogP contribution < -0.4 is 9.47 Å². The second-order valence-electron chi connectivity index (χ2n) is 6.76. The Hall–Kier alpha value is -2.75. The van der Waals surface area contributed by atoms with Crippen molar-refractivity contribution in [3.63, 3.8) is 0 Å². The maximum absolute atomic E-state index is 12.8. The predicted molar refractivity (Wildman–Crippen MR) is 106 cm³/mol. The number of amides is 2. The third-order valence-electron chi connectivity index (χ3n) is 4.97. The van der Waals surface area contributed by atoms with Crippen molar-refractivity contribution in [3.8, 4) is 11.5 Å². The van der Waals surface area contributed by atoms with Crippen molar-refractivity contribution >= 4 is 23.6 Å². The van der Waals surface area contributed by atoms with Crippen LogP contribution in [0.2, 0.25) is 0 Å². The smallest absolute Gasteiger partial charge is 0.267 e. The molecule has 10 heteroatoms. The number of ether oxygens (including phenoxy) is 2. The van der Waals surface area contributed by atoms with Gasteiger partial charge in [0.25, 0.3) is 5.91 Å². The van der Waals surface area contributed by atoms with Gasteiger partial charge in [-0.05, 0) is 19.1 Å². The fraction of sp³-hybridized carbons (Fsp3) is 0.474. The van der Waals surface area contributed by atoms with Gasteiger partial charge in [0.1, 0.15) is 12.9 Å². The van der Waals surface area contributed by atoms with Gasteiger partial charge in [0.05, 0.1) is 5.75 Å². The van der Waals surface area contributed by atoms with Gasteiger partial charge in [-0.3, -0.25) is 9.59 Å². The monoisotopic (exact) mass is 417 g/mol. The number of benzene rings is 1. The number of aryl methyl sites for hydroxylation is 1. The lowest BCUT2D eigenvalue weighted by Crippen LogP contribution is -2.55. The number of rotatable bonds is 5. The van der Waals surface area contributed by atoms with E-state index in [4.69, 9.17) is 9.47 Å². The van der Waals surface area contributed by atoms with E-state index in [0.29, 0.717) is 43.4 Å². The molecule has 0 radical (unpaired) electrons. The standard InChI is InChI=1S/C19H23N5O4S/c1-2-22-13-20-21-19(22)29-12-17(25)23-7-9-24(10-8-23)18(26)16-11-27-14-5-3-4-6-15(14)28-16/h3-6,13,16H,2,7-12H2,1H3/t16-/m1/s1. The van der Waals surface area contributed by atoms with Gasteiger partial charge in [0, 0.05) is 32.7 Å². The Balaban J connectivity index is 1.26. The molecule has 0 spiro atoms. The maximum Gasteiger partial charge on any atom is 0.267 e. The molecule has 2 amide bonds. The fourth-order valence-electron chi connectivity index (χ4n) is 3.31. The summed E-state index contributed by atoms with van der Waals surface area (Å²) in [5.74, 6) is 1.49. The van der Waals surface area contributed by atoms with Gasteiger partial charge in [0.15, 0.2) is 16.7 Å². The summed E-state index contributed by atoms with van der Waals surface area (Å²) in [5, 5.41) is 8.65. The zero-order valence-electron chi connectivity index (χ0n) is 16.2. The molecule has 0 bridgehead atoms. The molecule has 0 unspecified atom stereocenters. The van der Waals surface area contributed by atoms with Crippen LogP contribution in [0.3, 0.4) is 0 Å². The second kappa shape index (κ2) is 8.73. The number of thioether (sulfide) groups is 1. The molecule has 0 aliphatic carbocycles. The first-order chi connectivity index (χ1) is 14.2. The maximum atomic E-state index is 12.8. The topological polar surface area (TPSA) is 89.8 Å². The molecule has 1 aromatic heterocycles. The Morgan fingerprint density at radius 1 is 1.14 bits per heavy atom. The van der Waals surface area contributed by atoms with Crippen LogP contribution in [0.15, 0.2) is 35.7 Å². The Morgan fingerprint density at radius 3 is 2.62 bits per heavy atom. The van der Waals surface area contributed by atoms with Crippen molar-refractivity contribution in [2.75, 3.05) is 38.5 Å². The van der Waals surface area contributed by atoms with Crippen LogP contribution in [-0.2, 0) is 16.1 Å². The first-order valence-electron chi connectivity index (χ1n) is 9.61. The van der Waals surface area contributed by atoms with E-state index in [1.807, 2.05) is 29.7 Å². The summed E-state index contributed by atoms with van der Waals surface area (Å²) in [7, 11) is 0. The molecule has 154 valence electrons. The lowest BCUT2D eigenvalue weighted by molar-refractivity contribution is -0.145. The molecule has 0 N–H and O–H groups in total. The molecule has 1 atom stereocenters. The van der Waals surface area contributed by atoms with E-state index < -0.39 is 6.10 Å². The van der Waals surface area contributed by atoms with E-state index in [1.54, 1.807) is 22.2 Å². The first-order valence-corrected chi connectivity index (χ1v) is 10.6. The summed E-state index contributed by atoms with van der Waals surface area (Å²) in [4.78, 5) is 28.8. The second-order valence-corrected chi connectivity index (χ2v) is 7.70. The van der Waals surface area contributed by atoms with E-state index in [9.17, 15) is 9.59 Å². The van der Waals surface area contributed by atoms with Crippen LogP contribution in [0.5, 0.6) is 11.5 Å². The number of hydrogen-bond donors (Lipinski definition) is 0. The summed E-state index contributed by atoms with van der Waals surface area (Å²) in [6, 6.07) is 7.33. The average molecular weight is 417 g/mol. The Labute approximate surface area is 173 Å². The van der Waals surface area contributed by atoms with E-state index in [1.165, 1.54) is 11.8 Å². The number of nitrogens with zero attached hydrogens (tertiary/aromatic N) is 5. The van der Waals surface area contributed by atoms with Gasteiger partial charge in [-0.1, -0.05) is 23.9 Å². The Kier molecular flexibility index (Phi) is 5.89. The number of carbonyl (C=O) groups is 2. The number of hydrogen-bond acceptors (Lipinski definition) is 7. The van der Waals surface area contributed by atoms with Crippen molar-refractivity contribution in [1.82, 2.24) is 24.6 Å². The lowest BCUT2D eigenvalue weighted by Gasteiger charge is -2.37. The molecule has 2 aliphatic heterocycles. The molecule has 9 nitrogen and oxygen atoms in total. The number of piperazine rings is 1. The van der Waals surface area contributed by atoms with Gasteiger partial charge in [-0.15, -0.1) is 10.2 Å².